The fourth-order valence-corrected chi connectivity index (χ4v) is 16.2. The van der Waals surface area contributed by atoms with Crippen molar-refractivity contribution in [2.24, 2.45) is 46.3 Å². The van der Waals surface area contributed by atoms with Gasteiger partial charge < -0.3 is 40.0 Å². The van der Waals surface area contributed by atoms with Gasteiger partial charge in [-0.15, -0.1) is 0 Å². The molecule has 2 N–H and O–H groups in total. The molecule has 0 aromatic heterocycles. The molecule has 2 saturated heterocycles. The van der Waals surface area contributed by atoms with Crippen LogP contribution in [-0.4, -0.2) is 169 Å². The van der Waals surface area contributed by atoms with Crippen molar-refractivity contribution in [3.05, 3.63) is 0 Å². The Morgan fingerprint density at radius 2 is 0.817 bits per heavy atom. The number of amides is 6. The summed E-state index contributed by atoms with van der Waals surface area (Å²) in [7, 11) is 7.73. The molecule has 8 bridgehead atoms. The highest BCUT2D eigenvalue weighted by atomic mass is 33.1. The first-order valence-electron chi connectivity index (χ1n) is 24.1. The van der Waals surface area contributed by atoms with E-state index in [9.17, 15) is 19.2 Å². The summed E-state index contributed by atoms with van der Waals surface area (Å²) in [6, 6.07) is -1.35. The van der Waals surface area contributed by atoms with Crippen LogP contribution in [0.4, 0.5) is 9.59 Å². The number of nitrogens with zero attached hydrogens (tertiary/aromatic N) is 6. The minimum absolute atomic E-state index is 0.0114. The van der Waals surface area contributed by atoms with Gasteiger partial charge in [0.1, 0.15) is 12.1 Å². The molecule has 0 aromatic carbocycles. The number of hydrogen-bond acceptors (Lipinski definition) is 8. The fraction of sp³-hybridized carbons (Fsp3) is 0.913. The quantitative estimate of drug-likeness (QED) is 0.137. The maximum Gasteiger partial charge on any atom is 0.318 e. The Morgan fingerprint density at radius 1 is 0.517 bits per heavy atom. The van der Waals surface area contributed by atoms with Crippen molar-refractivity contribution in [3.8, 4) is 0 Å². The average Bonchev–Trinajstić information content (AvgIpc) is 3.20. The van der Waals surface area contributed by atoms with Gasteiger partial charge in [-0.3, -0.25) is 9.59 Å². The molecule has 14 heteroatoms. The number of likely N-dealkylation sites (N-methyl/N-ethyl adjacent to an activating group) is 2. The van der Waals surface area contributed by atoms with E-state index in [4.69, 9.17) is 0 Å². The minimum Gasteiger partial charge on any atom is -0.338 e. The van der Waals surface area contributed by atoms with Crippen molar-refractivity contribution in [2.45, 2.75) is 116 Å². The van der Waals surface area contributed by atoms with Gasteiger partial charge in [0.25, 0.3) is 0 Å². The monoisotopic (exact) mass is 871 g/mol. The van der Waals surface area contributed by atoms with E-state index in [1.165, 1.54) is 77.0 Å². The zero-order valence-corrected chi connectivity index (χ0v) is 39.2. The molecule has 6 amide bonds. The minimum atomic E-state index is -0.555. The van der Waals surface area contributed by atoms with Gasteiger partial charge in [0, 0.05) is 90.0 Å². The van der Waals surface area contributed by atoms with Crippen LogP contribution in [0.5, 0.6) is 0 Å². The molecule has 0 unspecified atom stereocenters. The lowest BCUT2D eigenvalue weighted by Gasteiger charge is -2.57. The van der Waals surface area contributed by atoms with Crippen LogP contribution in [0.3, 0.4) is 0 Å². The molecule has 10 aliphatic rings. The molecule has 2 aliphatic heterocycles. The summed E-state index contributed by atoms with van der Waals surface area (Å²) < 4.78 is 0. The predicted octanol–water partition coefficient (Wildman–Crippen LogP) is 5.93. The third-order valence-corrected chi connectivity index (χ3v) is 19.1. The summed E-state index contributed by atoms with van der Waals surface area (Å²) >= 11 is 0. The number of hydrogen-bond donors (Lipinski definition) is 2. The largest absolute Gasteiger partial charge is 0.338 e. The van der Waals surface area contributed by atoms with Gasteiger partial charge in [0.2, 0.25) is 11.8 Å². The topological polar surface area (TPSA) is 112 Å². The Morgan fingerprint density at radius 3 is 1.12 bits per heavy atom. The number of urea groups is 2. The first-order chi connectivity index (χ1) is 28.8. The predicted molar refractivity (Wildman–Crippen MR) is 243 cm³/mol. The zero-order chi connectivity index (χ0) is 42.0. The van der Waals surface area contributed by atoms with Crippen LogP contribution in [0.15, 0.2) is 0 Å². The highest BCUT2D eigenvalue weighted by Gasteiger charge is 2.52. The molecule has 338 valence electrons. The maximum atomic E-state index is 14.0. The average molecular weight is 871 g/mol. The summed E-state index contributed by atoms with van der Waals surface area (Å²) in [5, 5.41) is 6.24. The Hall–Kier alpha value is -1.90. The van der Waals surface area contributed by atoms with Crippen molar-refractivity contribution in [1.29, 1.82) is 0 Å². The number of carbonyl (C=O) groups is 4. The first kappa shape index (κ1) is 44.7. The van der Waals surface area contributed by atoms with Crippen LogP contribution in [-0.2, 0) is 9.59 Å². The Bertz CT molecular complexity index is 1340. The van der Waals surface area contributed by atoms with Crippen molar-refractivity contribution in [1.82, 2.24) is 40.0 Å². The van der Waals surface area contributed by atoms with Gasteiger partial charge in [-0.25, -0.2) is 9.59 Å². The number of carbonyl (C=O) groups excluding carboxylic acids is 4. The van der Waals surface area contributed by atoms with Gasteiger partial charge in [0.05, 0.1) is 0 Å². The lowest BCUT2D eigenvalue weighted by Crippen LogP contribution is -2.55. The van der Waals surface area contributed by atoms with Gasteiger partial charge in [0.15, 0.2) is 0 Å². The van der Waals surface area contributed by atoms with Crippen LogP contribution in [0, 0.1) is 46.3 Å². The molecule has 0 aromatic rings. The molecule has 10 fully saturated rings. The van der Waals surface area contributed by atoms with Crippen LogP contribution >= 0.6 is 21.6 Å². The van der Waals surface area contributed by atoms with Crippen molar-refractivity contribution in [3.63, 3.8) is 0 Å². The van der Waals surface area contributed by atoms with Crippen molar-refractivity contribution >= 4 is 45.5 Å². The highest BCUT2D eigenvalue weighted by Crippen LogP contribution is 2.62. The molecular weight excluding hydrogens is 793 g/mol. The van der Waals surface area contributed by atoms with E-state index in [-0.39, 0.29) is 23.9 Å². The van der Waals surface area contributed by atoms with Crippen LogP contribution in [0.2, 0.25) is 0 Å². The Kier molecular flexibility index (Phi) is 14.5. The summed E-state index contributed by atoms with van der Waals surface area (Å²) in [5.41, 5.74) is 0.756. The Labute approximate surface area is 369 Å². The summed E-state index contributed by atoms with van der Waals surface area (Å²) in [6.45, 7) is 12.7. The number of piperazine rings is 2. The third-order valence-electron chi connectivity index (χ3n) is 16.8. The molecule has 2 atom stereocenters. The molecular formula is C46H78N8O4S2. The highest BCUT2D eigenvalue weighted by molar-refractivity contribution is 8.76. The second-order valence-electron chi connectivity index (χ2n) is 21.6. The van der Waals surface area contributed by atoms with Crippen LogP contribution < -0.4 is 10.6 Å². The van der Waals surface area contributed by atoms with Crippen molar-refractivity contribution in [2.75, 3.05) is 104 Å². The normalized spacial score (nSPS) is 34.4. The van der Waals surface area contributed by atoms with E-state index in [1.54, 1.807) is 21.6 Å². The van der Waals surface area contributed by atoms with Crippen molar-refractivity contribution < 1.29 is 19.2 Å². The van der Waals surface area contributed by atoms with E-state index >= 15 is 0 Å². The molecule has 8 aliphatic carbocycles. The van der Waals surface area contributed by atoms with E-state index in [2.05, 4.69) is 34.5 Å². The third kappa shape index (κ3) is 10.9. The van der Waals surface area contributed by atoms with Gasteiger partial charge in [-0.1, -0.05) is 21.6 Å². The lowest BCUT2D eigenvalue weighted by molar-refractivity contribution is -0.135. The fourth-order valence-electron chi connectivity index (χ4n) is 14.3. The SMILES string of the molecule is C[C@H](NC(=O)N(CCSSCCN(CCC12CC3CC(CC(C3)C1)C2)C(=O)N[C@@H](C)C(=O)N1CCN(C)CC1)CCC12CC3CC(CC(C3)C1)C2)C(=O)N1CCN(C)CC1. The first-order valence-corrected chi connectivity index (χ1v) is 26.6. The molecule has 0 radical (unpaired) electrons. The molecule has 10 rings (SSSR count). The van der Waals surface area contributed by atoms with Gasteiger partial charge in [-0.2, -0.15) is 0 Å². The number of nitrogens with one attached hydrogen (secondary N) is 2. The van der Waals surface area contributed by atoms with Gasteiger partial charge >= 0.3 is 12.1 Å². The summed E-state index contributed by atoms with van der Waals surface area (Å²) in [6.07, 6.45) is 18.6. The van der Waals surface area contributed by atoms with Crippen LogP contribution in [0.1, 0.15) is 104 Å². The van der Waals surface area contributed by atoms with E-state index in [0.717, 1.165) is 99.1 Å². The molecule has 8 saturated carbocycles. The lowest BCUT2D eigenvalue weighted by atomic mass is 9.49. The Balaban J connectivity index is 0.846. The molecule has 60 heavy (non-hydrogen) atoms. The van der Waals surface area contributed by atoms with E-state index < -0.39 is 12.1 Å². The van der Waals surface area contributed by atoms with E-state index in [1.807, 2.05) is 33.4 Å². The molecule has 0 spiro atoms. The molecule has 12 nitrogen and oxygen atoms in total. The summed E-state index contributed by atoms with van der Waals surface area (Å²) in [4.78, 5) is 67.0. The number of rotatable bonds is 17. The smallest absolute Gasteiger partial charge is 0.318 e. The molecule has 2 heterocycles. The van der Waals surface area contributed by atoms with Gasteiger partial charge in [-0.05, 0) is 164 Å². The standard InChI is InChI=1S/C46H78N8O4S2/c1-33(41(55)51-13-9-49(3)10-14-51)47-43(57)53(7-5-45-27-35-21-36(28-45)23-37(22-35)29-45)17-19-59-60-20-18-54(8-6-46-30-38-24-39(31-46)26-40(25-38)32-46)44(58)48-34(2)42(56)52-15-11-50(4)12-16-52/h33-40H,5-32H2,1-4H3,(H,47,57)(H,48,58)/t33-,34-,35?,36?,37?,38?,39?,40?,45?,46?/m0/s1. The second kappa shape index (κ2) is 19.5. The van der Waals surface area contributed by atoms with E-state index in [0.29, 0.717) is 50.1 Å². The second-order valence-corrected chi connectivity index (χ2v) is 24.3. The van der Waals surface area contributed by atoms with Crippen LogP contribution in [0.25, 0.3) is 0 Å². The summed E-state index contributed by atoms with van der Waals surface area (Å²) in [5.74, 6) is 6.86. The zero-order valence-electron chi connectivity index (χ0n) is 37.6. The maximum absolute atomic E-state index is 14.0.